The Labute approximate surface area is 213 Å². The van der Waals surface area contributed by atoms with Gasteiger partial charge in [0.15, 0.2) is 0 Å². The average molecular weight is 533 g/mol. The van der Waals surface area contributed by atoms with Crippen LogP contribution in [0.2, 0.25) is 10.0 Å². The first-order valence-corrected chi connectivity index (χ1v) is 12.9. The zero-order valence-corrected chi connectivity index (χ0v) is 21.1. The van der Waals surface area contributed by atoms with Crippen molar-refractivity contribution < 1.29 is 22.7 Å². The molecule has 182 valence electrons. The topological polar surface area (TPSA) is 84.0 Å². The van der Waals surface area contributed by atoms with Crippen molar-refractivity contribution >= 4 is 50.7 Å². The zero-order valence-electron chi connectivity index (χ0n) is 18.7. The Balaban J connectivity index is 1.69. The van der Waals surface area contributed by atoms with Gasteiger partial charge in [-0.3, -0.25) is 9.59 Å². The highest BCUT2D eigenvalue weighted by atomic mass is 35.5. The normalized spacial score (nSPS) is 16.2. The standard InChI is InChI=1S/C25H22Cl2N2O5S/c1-34-21-9-11-22(12-10-21)35(32,33)28(14-13-17-3-2-4-19(27)15-17)23-16-24(30)29(25(23)31)20-7-5-18(26)6-8-20/h2-12,15,23H,13-14,16H2,1H3. The Morgan fingerprint density at radius 1 is 0.971 bits per heavy atom. The lowest BCUT2D eigenvalue weighted by Crippen LogP contribution is -2.46. The van der Waals surface area contributed by atoms with E-state index in [4.69, 9.17) is 27.9 Å². The molecule has 10 heteroatoms. The molecule has 1 heterocycles. The smallest absolute Gasteiger partial charge is 0.252 e. The van der Waals surface area contributed by atoms with E-state index in [1.54, 1.807) is 42.5 Å². The largest absolute Gasteiger partial charge is 0.497 e. The molecule has 0 spiro atoms. The van der Waals surface area contributed by atoms with Crippen LogP contribution in [-0.4, -0.2) is 44.2 Å². The van der Waals surface area contributed by atoms with Crippen molar-refractivity contribution in [3.8, 4) is 5.75 Å². The van der Waals surface area contributed by atoms with Gasteiger partial charge in [-0.1, -0.05) is 35.3 Å². The molecule has 35 heavy (non-hydrogen) atoms. The minimum atomic E-state index is -4.13. The minimum Gasteiger partial charge on any atom is -0.497 e. The van der Waals surface area contributed by atoms with Crippen LogP contribution in [0.1, 0.15) is 12.0 Å². The van der Waals surface area contributed by atoms with Gasteiger partial charge in [-0.2, -0.15) is 4.31 Å². The molecule has 3 aromatic carbocycles. The van der Waals surface area contributed by atoms with E-state index in [1.807, 2.05) is 6.07 Å². The lowest BCUT2D eigenvalue weighted by Gasteiger charge is -2.27. The van der Waals surface area contributed by atoms with Gasteiger partial charge in [-0.15, -0.1) is 0 Å². The van der Waals surface area contributed by atoms with E-state index in [1.165, 1.54) is 31.4 Å². The van der Waals surface area contributed by atoms with Gasteiger partial charge >= 0.3 is 0 Å². The van der Waals surface area contributed by atoms with Gasteiger partial charge in [0.1, 0.15) is 11.8 Å². The molecule has 1 atom stereocenters. The Morgan fingerprint density at radius 3 is 2.29 bits per heavy atom. The number of rotatable bonds is 8. The first-order valence-electron chi connectivity index (χ1n) is 10.7. The Bertz CT molecular complexity index is 1350. The Hall–Kier alpha value is -2.91. The first-order chi connectivity index (χ1) is 16.7. The summed E-state index contributed by atoms with van der Waals surface area (Å²) in [5.74, 6) is -0.601. The third kappa shape index (κ3) is 5.36. The summed E-state index contributed by atoms with van der Waals surface area (Å²) in [6.45, 7) is -0.0210. The number of anilines is 1. The highest BCUT2D eigenvalue weighted by Crippen LogP contribution is 2.31. The van der Waals surface area contributed by atoms with Gasteiger partial charge in [-0.25, -0.2) is 13.3 Å². The molecule has 1 aliphatic rings. The summed E-state index contributed by atoms with van der Waals surface area (Å²) in [6, 6.07) is 18.0. The van der Waals surface area contributed by atoms with Crippen molar-refractivity contribution in [2.45, 2.75) is 23.8 Å². The summed E-state index contributed by atoms with van der Waals surface area (Å²) >= 11 is 12.0. The number of ether oxygens (including phenoxy) is 1. The summed E-state index contributed by atoms with van der Waals surface area (Å²) in [5.41, 5.74) is 1.14. The summed E-state index contributed by atoms with van der Waals surface area (Å²) in [5, 5.41) is 0.975. The predicted molar refractivity (Wildman–Crippen MR) is 134 cm³/mol. The maximum Gasteiger partial charge on any atom is 0.252 e. The van der Waals surface area contributed by atoms with Crippen LogP contribution in [-0.2, 0) is 26.0 Å². The number of hydrogen-bond donors (Lipinski definition) is 0. The molecule has 7 nitrogen and oxygen atoms in total. The molecule has 4 rings (SSSR count). The maximum atomic E-state index is 13.7. The molecule has 0 radical (unpaired) electrons. The minimum absolute atomic E-state index is 0.00501. The Kier molecular flexibility index (Phi) is 7.47. The molecule has 3 aromatic rings. The molecule has 1 saturated heterocycles. The summed E-state index contributed by atoms with van der Waals surface area (Å²) in [4.78, 5) is 27.3. The number of imide groups is 1. The van der Waals surface area contributed by atoms with E-state index in [2.05, 4.69) is 0 Å². The SMILES string of the molecule is COc1ccc(S(=O)(=O)N(CCc2cccc(Cl)c2)C2CC(=O)N(c3ccc(Cl)cc3)C2=O)cc1. The van der Waals surface area contributed by atoms with Gasteiger partial charge in [0.25, 0.3) is 5.91 Å². The number of carbonyl (C=O) groups excluding carboxylic acids is 2. The Morgan fingerprint density at radius 2 is 1.66 bits per heavy atom. The molecular weight excluding hydrogens is 511 g/mol. The molecule has 0 N–H and O–H groups in total. The highest BCUT2D eigenvalue weighted by Gasteiger charge is 2.46. The van der Waals surface area contributed by atoms with Crippen molar-refractivity contribution in [3.05, 3.63) is 88.4 Å². The number of halogens is 2. The van der Waals surface area contributed by atoms with Gasteiger partial charge in [0.2, 0.25) is 15.9 Å². The summed E-state index contributed by atoms with van der Waals surface area (Å²) in [7, 11) is -2.65. The second-order valence-electron chi connectivity index (χ2n) is 7.93. The first kappa shape index (κ1) is 25.2. The van der Waals surface area contributed by atoms with Crippen LogP contribution in [0.3, 0.4) is 0 Å². The fraction of sp³-hybridized carbons (Fsp3) is 0.200. The second-order valence-corrected chi connectivity index (χ2v) is 10.7. The van der Waals surface area contributed by atoms with Crippen molar-refractivity contribution in [1.29, 1.82) is 0 Å². The molecule has 2 amide bonds. The number of hydrogen-bond acceptors (Lipinski definition) is 5. The van der Waals surface area contributed by atoms with Gasteiger partial charge < -0.3 is 4.74 Å². The van der Waals surface area contributed by atoms with Crippen molar-refractivity contribution in [2.75, 3.05) is 18.6 Å². The van der Waals surface area contributed by atoms with E-state index in [9.17, 15) is 18.0 Å². The zero-order chi connectivity index (χ0) is 25.2. The predicted octanol–water partition coefficient (Wildman–Crippen LogP) is 4.57. The molecular formula is C25H22Cl2N2O5S. The highest BCUT2D eigenvalue weighted by molar-refractivity contribution is 7.89. The molecule has 0 aliphatic carbocycles. The van der Waals surface area contributed by atoms with Crippen molar-refractivity contribution in [3.63, 3.8) is 0 Å². The maximum absolute atomic E-state index is 13.7. The molecule has 1 aliphatic heterocycles. The van der Waals surface area contributed by atoms with Crippen LogP contribution in [0.15, 0.2) is 77.7 Å². The van der Waals surface area contributed by atoms with Crippen molar-refractivity contribution in [2.24, 2.45) is 0 Å². The molecule has 1 fully saturated rings. The third-order valence-electron chi connectivity index (χ3n) is 5.73. The lowest BCUT2D eigenvalue weighted by molar-refractivity contribution is -0.122. The third-order valence-corrected chi connectivity index (χ3v) is 8.14. The van der Waals surface area contributed by atoms with Crippen LogP contribution in [0.5, 0.6) is 5.75 Å². The van der Waals surface area contributed by atoms with Gasteiger partial charge in [-0.05, 0) is 72.6 Å². The van der Waals surface area contributed by atoms with Gasteiger partial charge in [0, 0.05) is 16.6 Å². The van der Waals surface area contributed by atoms with E-state index in [-0.39, 0.29) is 17.9 Å². The molecule has 1 unspecified atom stereocenters. The fourth-order valence-corrected chi connectivity index (χ4v) is 5.88. The number of amides is 2. The monoisotopic (exact) mass is 532 g/mol. The van der Waals surface area contributed by atoms with Crippen molar-refractivity contribution in [1.82, 2.24) is 4.31 Å². The average Bonchev–Trinajstić information content (AvgIpc) is 3.13. The number of nitrogens with zero attached hydrogens (tertiary/aromatic N) is 2. The number of methoxy groups -OCH3 is 1. The number of carbonyl (C=O) groups is 2. The number of benzene rings is 3. The fourth-order valence-electron chi connectivity index (χ4n) is 3.96. The van der Waals surface area contributed by atoms with Crippen LogP contribution >= 0.6 is 23.2 Å². The summed E-state index contributed by atoms with van der Waals surface area (Å²) in [6.07, 6.45) is 0.0290. The summed E-state index contributed by atoms with van der Waals surface area (Å²) < 4.78 is 33.6. The van der Waals surface area contributed by atoms with Crippen LogP contribution in [0, 0.1) is 0 Å². The lowest BCUT2D eigenvalue weighted by atomic mass is 10.1. The number of sulfonamides is 1. The van der Waals surface area contributed by atoms with Crippen LogP contribution in [0.25, 0.3) is 0 Å². The quantitative estimate of drug-likeness (QED) is 0.397. The van der Waals surface area contributed by atoms with Crippen LogP contribution < -0.4 is 9.64 Å². The molecule has 0 bridgehead atoms. The second kappa shape index (κ2) is 10.4. The molecule has 0 saturated carbocycles. The van der Waals surface area contributed by atoms with E-state index >= 15 is 0 Å². The van der Waals surface area contributed by atoms with Gasteiger partial charge in [0.05, 0.1) is 24.1 Å². The molecule has 0 aromatic heterocycles. The van der Waals surface area contributed by atoms with Crippen LogP contribution in [0.4, 0.5) is 5.69 Å². The van der Waals surface area contributed by atoms with E-state index in [0.717, 1.165) is 14.8 Å². The van der Waals surface area contributed by atoms with E-state index in [0.29, 0.717) is 27.9 Å². The van der Waals surface area contributed by atoms with E-state index < -0.39 is 27.9 Å².